The Morgan fingerprint density at radius 2 is 1.75 bits per heavy atom. The number of carbonyl (C=O) groups is 2. The Hall–Kier alpha value is -1.78. The predicted octanol–water partition coefficient (Wildman–Crippen LogP) is 3.23. The maximum absolute atomic E-state index is 13.8. The van der Waals surface area contributed by atoms with Crippen molar-refractivity contribution in [3.63, 3.8) is 0 Å². The third-order valence-electron chi connectivity index (χ3n) is 3.17. The Kier molecular flexibility index (Phi) is 5.80. The number of esters is 1. The lowest BCUT2D eigenvalue weighted by Crippen LogP contribution is -2.29. The van der Waals surface area contributed by atoms with Crippen molar-refractivity contribution in [2.24, 2.45) is 5.92 Å². The first-order chi connectivity index (χ1) is 9.43. The zero-order valence-electron chi connectivity index (χ0n) is 11.8. The highest BCUT2D eigenvalue weighted by Gasteiger charge is 2.32. The summed E-state index contributed by atoms with van der Waals surface area (Å²) in [5.74, 6) is -4.79. The van der Waals surface area contributed by atoms with Gasteiger partial charge in [0.05, 0.1) is 6.61 Å². The Morgan fingerprint density at radius 1 is 1.20 bits per heavy atom. The third-order valence-corrected chi connectivity index (χ3v) is 3.17. The van der Waals surface area contributed by atoms with Gasteiger partial charge in [-0.3, -0.25) is 9.59 Å². The lowest BCUT2D eigenvalue weighted by atomic mass is 9.85. The minimum atomic E-state index is -1.04. The molecule has 0 bridgehead atoms. The van der Waals surface area contributed by atoms with Crippen LogP contribution in [0.25, 0.3) is 0 Å². The van der Waals surface area contributed by atoms with Gasteiger partial charge in [0, 0.05) is 11.5 Å². The highest BCUT2D eigenvalue weighted by atomic mass is 19.1. The van der Waals surface area contributed by atoms with Crippen molar-refractivity contribution in [2.75, 3.05) is 6.61 Å². The molecule has 0 aliphatic rings. The van der Waals surface area contributed by atoms with E-state index in [1.165, 1.54) is 13.0 Å². The van der Waals surface area contributed by atoms with Crippen molar-refractivity contribution in [3.05, 3.63) is 35.4 Å². The fourth-order valence-electron chi connectivity index (χ4n) is 2.08. The first kappa shape index (κ1) is 16.3. The average molecular weight is 284 g/mol. The second-order valence-electron chi connectivity index (χ2n) is 4.47. The molecule has 0 heterocycles. The summed E-state index contributed by atoms with van der Waals surface area (Å²) in [6.07, 6.45) is 0.209. The lowest BCUT2D eigenvalue weighted by Gasteiger charge is -2.19. The van der Waals surface area contributed by atoms with Crippen LogP contribution in [0.1, 0.15) is 38.7 Å². The molecule has 0 aliphatic carbocycles. The Balaban J connectivity index is 3.07. The topological polar surface area (TPSA) is 43.4 Å². The number of ketones is 1. The first-order valence-electron chi connectivity index (χ1n) is 6.58. The zero-order valence-corrected chi connectivity index (χ0v) is 11.8. The summed E-state index contributed by atoms with van der Waals surface area (Å²) in [6.45, 7) is 4.82. The summed E-state index contributed by atoms with van der Waals surface area (Å²) < 4.78 is 32.3. The van der Waals surface area contributed by atoms with Crippen molar-refractivity contribution in [1.29, 1.82) is 0 Å². The van der Waals surface area contributed by atoms with Gasteiger partial charge in [-0.05, 0) is 32.4 Å². The highest BCUT2D eigenvalue weighted by molar-refractivity contribution is 6.01. The number of benzene rings is 1. The first-order valence-corrected chi connectivity index (χ1v) is 6.58. The van der Waals surface area contributed by atoms with Crippen LogP contribution >= 0.6 is 0 Å². The number of halogens is 2. The molecule has 1 aromatic carbocycles. The quantitative estimate of drug-likeness (QED) is 0.595. The molecule has 0 amide bonds. The van der Waals surface area contributed by atoms with Crippen LogP contribution in [0.3, 0.4) is 0 Å². The molecule has 0 aromatic heterocycles. The summed E-state index contributed by atoms with van der Waals surface area (Å²) in [5, 5.41) is 0. The Morgan fingerprint density at radius 3 is 2.20 bits per heavy atom. The van der Waals surface area contributed by atoms with Gasteiger partial charge in [-0.2, -0.15) is 0 Å². The van der Waals surface area contributed by atoms with E-state index < -0.39 is 35.2 Å². The van der Waals surface area contributed by atoms with E-state index in [0.717, 1.165) is 12.1 Å². The normalized spacial score (nSPS) is 13.7. The van der Waals surface area contributed by atoms with Gasteiger partial charge in [-0.25, -0.2) is 8.78 Å². The van der Waals surface area contributed by atoms with Gasteiger partial charge in [0.15, 0.2) is 5.78 Å². The van der Waals surface area contributed by atoms with E-state index in [9.17, 15) is 18.4 Å². The van der Waals surface area contributed by atoms with Gasteiger partial charge in [0.2, 0.25) is 0 Å². The molecule has 0 saturated carbocycles. The van der Waals surface area contributed by atoms with Crippen molar-refractivity contribution >= 4 is 11.8 Å². The number of carbonyl (C=O) groups excluding carboxylic acids is 2. The van der Waals surface area contributed by atoms with E-state index in [4.69, 9.17) is 4.74 Å². The molecule has 3 nitrogen and oxygen atoms in total. The van der Waals surface area contributed by atoms with E-state index in [1.54, 1.807) is 13.8 Å². The predicted molar refractivity (Wildman–Crippen MR) is 70.2 cm³/mol. The van der Waals surface area contributed by atoms with Crippen LogP contribution in [0, 0.1) is 17.6 Å². The molecule has 0 saturated heterocycles. The highest BCUT2D eigenvalue weighted by Crippen LogP contribution is 2.29. The second-order valence-corrected chi connectivity index (χ2v) is 4.47. The van der Waals surface area contributed by atoms with Crippen molar-refractivity contribution in [3.8, 4) is 0 Å². The summed E-state index contributed by atoms with van der Waals surface area (Å²) in [6, 6.07) is 3.44. The summed E-state index contributed by atoms with van der Waals surface area (Å²) >= 11 is 0. The van der Waals surface area contributed by atoms with Gasteiger partial charge in [0.1, 0.15) is 17.6 Å². The van der Waals surface area contributed by atoms with Crippen LogP contribution < -0.4 is 0 Å². The van der Waals surface area contributed by atoms with Crippen molar-refractivity contribution in [1.82, 2.24) is 0 Å². The second kappa shape index (κ2) is 7.12. The smallest absolute Gasteiger partial charge is 0.316 e. The summed E-state index contributed by atoms with van der Waals surface area (Å²) in [4.78, 5) is 23.8. The van der Waals surface area contributed by atoms with Gasteiger partial charge in [-0.1, -0.05) is 13.0 Å². The fraction of sp³-hybridized carbons (Fsp3) is 0.467. The number of rotatable bonds is 6. The maximum atomic E-state index is 13.8. The average Bonchev–Trinajstić information content (AvgIpc) is 2.41. The van der Waals surface area contributed by atoms with E-state index in [0.29, 0.717) is 0 Å². The molecule has 2 atom stereocenters. The minimum absolute atomic E-state index is 0.154. The SMILES string of the molecule is CCOC(=O)[C@@H](C)C(=O)[C@H](CC)c1c(F)cccc1F. The number of hydrogen-bond donors (Lipinski definition) is 0. The van der Waals surface area contributed by atoms with Crippen LogP contribution in [-0.2, 0) is 14.3 Å². The molecule has 0 radical (unpaired) electrons. The van der Waals surface area contributed by atoms with Crippen LogP contribution in [-0.4, -0.2) is 18.4 Å². The van der Waals surface area contributed by atoms with E-state index >= 15 is 0 Å². The van der Waals surface area contributed by atoms with Crippen molar-refractivity contribution < 1.29 is 23.1 Å². The minimum Gasteiger partial charge on any atom is -0.465 e. The molecule has 1 rings (SSSR count). The Bertz CT molecular complexity index is 480. The standard InChI is InChI=1S/C15H18F2O3/c1-4-10(13-11(16)7-6-8-12(13)17)14(18)9(3)15(19)20-5-2/h6-10H,4-5H2,1-3H3/t9-,10+/m0/s1. The Labute approximate surface area is 116 Å². The maximum Gasteiger partial charge on any atom is 0.316 e. The summed E-state index contributed by atoms with van der Waals surface area (Å²) in [5.41, 5.74) is -0.281. The molecule has 0 spiro atoms. The number of ether oxygens (including phenoxy) is 1. The zero-order chi connectivity index (χ0) is 15.3. The van der Waals surface area contributed by atoms with Gasteiger partial charge >= 0.3 is 5.97 Å². The fourth-order valence-corrected chi connectivity index (χ4v) is 2.08. The van der Waals surface area contributed by atoms with E-state index in [1.807, 2.05) is 0 Å². The molecule has 0 unspecified atom stereocenters. The molecule has 0 aliphatic heterocycles. The molecular formula is C15H18F2O3. The van der Waals surface area contributed by atoms with Crippen molar-refractivity contribution in [2.45, 2.75) is 33.1 Å². The van der Waals surface area contributed by atoms with Crippen LogP contribution in [0.15, 0.2) is 18.2 Å². The van der Waals surface area contributed by atoms with Gasteiger partial charge in [-0.15, -0.1) is 0 Å². The van der Waals surface area contributed by atoms with Gasteiger partial charge in [0.25, 0.3) is 0 Å². The van der Waals surface area contributed by atoms with E-state index in [2.05, 4.69) is 0 Å². The largest absolute Gasteiger partial charge is 0.465 e. The van der Waals surface area contributed by atoms with Gasteiger partial charge < -0.3 is 4.74 Å². The van der Waals surface area contributed by atoms with Crippen LogP contribution in [0.4, 0.5) is 8.78 Å². The monoisotopic (exact) mass is 284 g/mol. The molecular weight excluding hydrogens is 266 g/mol. The molecule has 20 heavy (non-hydrogen) atoms. The summed E-state index contributed by atoms with van der Waals surface area (Å²) in [7, 11) is 0. The number of Topliss-reactive ketones (excluding diaryl/α,β-unsaturated/α-hetero) is 1. The van der Waals surface area contributed by atoms with Crippen LogP contribution in [0.5, 0.6) is 0 Å². The molecule has 5 heteroatoms. The van der Waals surface area contributed by atoms with E-state index in [-0.39, 0.29) is 18.6 Å². The van der Waals surface area contributed by atoms with Crippen LogP contribution in [0.2, 0.25) is 0 Å². The molecule has 110 valence electrons. The molecule has 1 aromatic rings. The molecule has 0 fully saturated rings. The molecule has 0 N–H and O–H groups in total. The number of hydrogen-bond acceptors (Lipinski definition) is 3. The third kappa shape index (κ3) is 3.40. The lowest BCUT2D eigenvalue weighted by molar-refractivity contribution is -0.151.